The molecule has 1 aliphatic rings. The van der Waals surface area contributed by atoms with Gasteiger partial charge in [0, 0.05) is 0 Å². The largest absolute Gasteiger partial charge is 4.00 e. The van der Waals surface area contributed by atoms with Crippen LogP contribution in [0.15, 0.2) is 34.5 Å². The third kappa shape index (κ3) is 10.2. The third-order valence-electron chi connectivity index (χ3n) is 4.61. The summed E-state index contributed by atoms with van der Waals surface area (Å²) in [6.45, 7) is 13.8. The van der Waals surface area contributed by atoms with E-state index in [9.17, 15) is 0 Å². The Morgan fingerprint density at radius 1 is 0.963 bits per heavy atom. The van der Waals surface area contributed by atoms with Crippen molar-refractivity contribution in [1.29, 1.82) is 0 Å². The molecule has 0 saturated heterocycles. The van der Waals surface area contributed by atoms with Crippen LogP contribution in [-0.2, 0) is 21.7 Å². The zero-order valence-electron chi connectivity index (χ0n) is 17.6. The average molecular weight is 480 g/mol. The molecule has 1 aliphatic carbocycles. The van der Waals surface area contributed by atoms with Crippen LogP contribution in [0.2, 0.25) is 0 Å². The summed E-state index contributed by atoms with van der Waals surface area (Å²) in [7, 11) is -0.369. The van der Waals surface area contributed by atoms with Crippen molar-refractivity contribution in [2.24, 2.45) is 5.41 Å². The molecule has 0 radical (unpaired) electrons. The van der Waals surface area contributed by atoms with Crippen LogP contribution >= 0.6 is 0 Å². The summed E-state index contributed by atoms with van der Waals surface area (Å²) < 4.78 is 0. The Bertz CT molecular complexity index is 611. The van der Waals surface area contributed by atoms with Gasteiger partial charge in [0.15, 0.2) is 0 Å². The molecule has 0 atom stereocenters. The Morgan fingerprint density at radius 2 is 1.52 bits per heavy atom. The molecular formula is C22H33Cl3SiTi. The van der Waals surface area contributed by atoms with Crippen molar-refractivity contribution in [2.75, 3.05) is 0 Å². The number of rotatable bonds is 6. The van der Waals surface area contributed by atoms with Gasteiger partial charge in [-0.05, 0) is 28.8 Å². The number of halogens is 3. The number of allylic oxidation sites excluding steroid dienone is 4. The van der Waals surface area contributed by atoms with E-state index < -0.39 is 0 Å². The molecule has 0 nitrogen and oxygen atoms in total. The molecule has 27 heavy (non-hydrogen) atoms. The zero-order valence-corrected chi connectivity index (χ0v) is 22.9. The van der Waals surface area contributed by atoms with Crippen LogP contribution in [0.25, 0.3) is 0 Å². The Kier molecular flexibility index (Phi) is 17.3. The van der Waals surface area contributed by atoms with Crippen LogP contribution in [0.4, 0.5) is 0 Å². The molecule has 0 spiro atoms. The van der Waals surface area contributed by atoms with Crippen LogP contribution in [0.1, 0.15) is 70.9 Å². The van der Waals surface area contributed by atoms with Crippen molar-refractivity contribution in [3.8, 4) is 0 Å². The Balaban J connectivity index is -0.00000144. The molecule has 0 aromatic heterocycles. The first kappa shape index (κ1) is 32.2. The summed E-state index contributed by atoms with van der Waals surface area (Å²) in [6, 6.07) is 7.09. The minimum Gasteiger partial charge on any atom is -1.00 e. The van der Waals surface area contributed by atoms with Crippen LogP contribution in [0.5, 0.6) is 0 Å². The first-order chi connectivity index (χ1) is 10.8. The van der Waals surface area contributed by atoms with Gasteiger partial charge in [-0.25, -0.2) is 16.8 Å². The van der Waals surface area contributed by atoms with E-state index in [4.69, 9.17) is 0 Å². The molecule has 0 N–H and O–H groups in total. The predicted molar refractivity (Wildman–Crippen MR) is 106 cm³/mol. The van der Waals surface area contributed by atoms with Crippen molar-refractivity contribution >= 4 is 14.7 Å². The Morgan fingerprint density at radius 3 is 2.00 bits per heavy atom. The quantitative estimate of drug-likeness (QED) is 0.223. The van der Waals surface area contributed by atoms with Gasteiger partial charge < -0.3 is 37.2 Å². The summed E-state index contributed by atoms with van der Waals surface area (Å²) in [5, 5.41) is 3.32. The van der Waals surface area contributed by atoms with Gasteiger partial charge >= 0.3 is 21.7 Å². The summed E-state index contributed by atoms with van der Waals surface area (Å²) in [5.74, 6) is 0. The molecule has 0 heterocycles. The van der Waals surface area contributed by atoms with Crippen molar-refractivity contribution in [3.05, 3.63) is 51.7 Å². The standard InChI is InChI=1S/C22H33Si.3ClH.Ti/c1-7-8-9-10-18-14-20(22(4,5)6)21(15-18)23-19-12-16(2)11-17(3)13-19;;;;/h11-13H,7-10,15,23H2,1-6H3;3*1H;/q-1;;;;+4/p-3. The molecule has 1 aromatic carbocycles. The van der Waals surface area contributed by atoms with E-state index in [0.717, 1.165) is 0 Å². The van der Waals surface area contributed by atoms with E-state index in [2.05, 4.69) is 65.8 Å². The van der Waals surface area contributed by atoms with Crippen molar-refractivity contribution in [1.82, 2.24) is 0 Å². The van der Waals surface area contributed by atoms with E-state index >= 15 is 0 Å². The van der Waals surface area contributed by atoms with Gasteiger partial charge in [0.05, 0.1) is 0 Å². The summed E-state index contributed by atoms with van der Waals surface area (Å²) in [4.78, 5) is 0. The summed E-state index contributed by atoms with van der Waals surface area (Å²) >= 11 is 0. The van der Waals surface area contributed by atoms with Crippen molar-refractivity contribution in [2.45, 2.75) is 73.6 Å². The van der Waals surface area contributed by atoms with Gasteiger partial charge in [-0.2, -0.15) is 5.57 Å². The smallest absolute Gasteiger partial charge is 1.00 e. The maximum absolute atomic E-state index is 3.82. The number of unbranched alkanes of at least 4 members (excludes halogenated alkanes) is 2. The van der Waals surface area contributed by atoms with Gasteiger partial charge in [0.1, 0.15) is 0 Å². The fourth-order valence-corrected chi connectivity index (χ4v) is 6.24. The number of aryl methyl sites for hydroxylation is 2. The SMILES string of the molecule is CCCCCC1=[C-]C(C(C)(C)C)=C([SiH2]c2cc(C)cc(C)c2)C1.[Cl-].[Cl-].[Cl-].[Ti+4]. The molecule has 0 unspecified atom stereocenters. The van der Waals surface area contributed by atoms with E-state index in [-0.39, 0.29) is 73.9 Å². The summed E-state index contributed by atoms with van der Waals surface area (Å²) in [6.07, 6.45) is 10.3. The fourth-order valence-electron chi connectivity index (χ4n) is 3.68. The van der Waals surface area contributed by atoms with Gasteiger partial charge in [-0.15, -0.1) is 0 Å². The number of hydrogen-bond donors (Lipinski definition) is 0. The molecule has 5 heteroatoms. The molecule has 0 amide bonds. The number of hydrogen-bond acceptors (Lipinski definition) is 0. The molecule has 150 valence electrons. The minimum atomic E-state index is -0.369. The zero-order chi connectivity index (χ0) is 17.0. The van der Waals surface area contributed by atoms with Crippen LogP contribution in [-0.4, -0.2) is 9.52 Å². The number of benzene rings is 1. The maximum Gasteiger partial charge on any atom is 4.00 e. The van der Waals surface area contributed by atoms with Gasteiger partial charge in [0.25, 0.3) is 0 Å². The molecule has 0 saturated carbocycles. The minimum absolute atomic E-state index is 0. The topological polar surface area (TPSA) is 0 Å². The molecule has 2 rings (SSSR count). The molecule has 0 aliphatic heterocycles. The van der Waals surface area contributed by atoms with Gasteiger partial charge in [-0.1, -0.05) is 94.3 Å². The molecule has 0 bridgehead atoms. The fraction of sp³-hybridized carbons (Fsp3) is 0.545. The molecule has 1 aromatic rings. The van der Waals surface area contributed by atoms with Crippen LogP contribution < -0.4 is 42.4 Å². The van der Waals surface area contributed by atoms with E-state index in [1.54, 1.807) is 16.0 Å². The van der Waals surface area contributed by atoms with Crippen molar-refractivity contribution < 1.29 is 58.9 Å². The first-order valence-electron chi connectivity index (χ1n) is 9.21. The predicted octanol–water partition coefficient (Wildman–Crippen LogP) is -3.88. The van der Waals surface area contributed by atoms with Gasteiger partial charge in [0.2, 0.25) is 0 Å². The summed E-state index contributed by atoms with van der Waals surface area (Å²) in [5.41, 5.74) is 6.13. The Labute approximate surface area is 203 Å². The second-order valence-electron chi connectivity index (χ2n) is 8.26. The van der Waals surface area contributed by atoms with Gasteiger partial charge in [-0.3, -0.25) is 0 Å². The second-order valence-corrected chi connectivity index (χ2v) is 10.3. The Hall–Kier alpha value is 0.501. The first-order valence-corrected chi connectivity index (χ1v) is 10.6. The second kappa shape index (κ2) is 14.5. The normalized spacial score (nSPS) is 13.5. The van der Waals surface area contributed by atoms with E-state index in [0.29, 0.717) is 0 Å². The monoisotopic (exact) mass is 478 g/mol. The molecular weight excluding hydrogens is 447 g/mol. The average Bonchev–Trinajstić information content (AvgIpc) is 2.81. The molecule has 0 fully saturated rings. The third-order valence-corrected chi connectivity index (χ3v) is 6.46. The van der Waals surface area contributed by atoms with E-state index in [1.165, 1.54) is 48.8 Å². The van der Waals surface area contributed by atoms with Crippen LogP contribution in [0.3, 0.4) is 0 Å². The van der Waals surface area contributed by atoms with Crippen molar-refractivity contribution in [3.63, 3.8) is 0 Å². The van der Waals surface area contributed by atoms with E-state index in [1.807, 2.05) is 0 Å². The maximum atomic E-state index is 3.82. The van der Waals surface area contributed by atoms with Crippen LogP contribution in [0, 0.1) is 25.3 Å².